The molecule has 2 fully saturated rings. The van der Waals surface area contributed by atoms with Gasteiger partial charge in [-0.25, -0.2) is 4.79 Å². The van der Waals surface area contributed by atoms with E-state index in [-0.39, 0.29) is 47.5 Å². The minimum Gasteiger partial charge on any atom is -0.457 e. The first kappa shape index (κ1) is 21.7. The van der Waals surface area contributed by atoms with Crippen LogP contribution in [0, 0.1) is 29.6 Å². The third kappa shape index (κ3) is 2.93. The van der Waals surface area contributed by atoms with E-state index in [1.54, 1.807) is 6.92 Å². The summed E-state index contributed by atoms with van der Waals surface area (Å²) < 4.78 is 17.9. The Morgan fingerprint density at radius 3 is 2.63 bits per heavy atom. The predicted molar refractivity (Wildman–Crippen MR) is 109 cm³/mol. The minimum absolute atomic E-state index is 0.0675. The molecule has 1 spiro atoms. The van der Waals surface area contributed by atoms with Gasteiger partial charge in [-0.15, -0.1) is 0 Å². The molecule has 0 radical (unpaired) electrons. The molecule has 7 heteroatoms. The van der Waals surface area contributed by atoms with Crippen LogP contribution in [0.1, 0.15) is 34.1 Å². The van der Waals surface area contributed by atoms with Gasteiger partial charge in [-0.2, -0.15) is 0 Å². The number of ketones is 1. The number of Topliss-reactive ketones (excluding diaryl/α,β-unsaturated/α-hetero) is 1. The molecule has 3 N–H and O–H groups in total. The maximum Gasteiger partial charge on any atom is 0.335 e. The third-order valence-electron chi connectivity index (χ3n) is 7.78. The molecule has 0 amide bonds. The molecule has 1 saturated heterocycles. The van der Waals surface area contributed by atoms with Crippen LogP contribution in [0.15, 0.2) is 23.8 Å². The zero-order valence-electron chi connectivity index (χ0n) is 18.3. The number of methoxy groups -OCH3 is 1. The molecule has 11 atom stereocenters. The molecule has 0 unspecified atom stereocenters. The zero-order chi connectivity index (χ0) is 22.0. The van der Waals surface area contributed by atoms with E-state index in [1.165, 1.54) is 7.11 Å². The smallest absolute Gasteiger partial charge is 0.335 e. The first-order valence-corrected chi connectivity index (χ1v) is 10.9. The van der Waals surface area contributed by atoms with Gasteiger partial charge in [0.15, 0.2) is 6.10 Å². The number of aliphatic hydroxyl groups excluding tert-OH is 1. The molecule has 166 valence electrons. The lowest BCUT2D eigenvalue weighted by Crippen LogP contribution is -2.56. The predicted octanol–water partition coefficient (Wildman–Crippen LogP) is 1.38. The topological polar surface area (TPSA) is 108 Å². The van der Waals surface area contributed by atoms with Gasteiger partial charge in [-0.1, -0.05) is 32.1 Å². The lowest BCUT2D eigenvalue weighted by atomic mass is 9.58. The highest BCUT2D eigenvalue weighted by atomic mass is 16.6. The molecular formula is C23H33NO6. The summed E-state index contributed by atoms with van der Waals surface area (Å²) in [5.74, 6) is -1.57. The number of aliphatic hydroxyl groups is 1. The average Bonchev–Trinajstić information content (AvgIpc) is 2.91. The largest absolute Gasteiger partial charge is 0.457 e. The molecule has 2 heterocycles. The van der Waals surface area contributed by atoms with Crippen molar-refractivity contribution in [3.8, 4) is 0 Å². The summed E-state index contributed by atoms with van der Waals surface area (Å²) in [5.41, 5.74) is 6.49. The highest BCUT2D eigenvalue weighted by molar-refractivity contribution is 5.88. The van der Waals surface area contributed by atoms with Crippen molar-refractivity contribution < 1.29 is 28.9 Å². The van der Waals surface area contributed by atoms with E-state index in [0.29, 0.717) is 6.42 Å². The number of carbonyl (C=O) groups is 2. The number of cyclic esters (lactones) is 1. The van der Waals surface area contributed by atoms with Crippen LogP contribution in [-0.4, -0.2) is 60.0 Å². The van der Waals surface area contributed by atoms with E-state index in [1.807, 2.05) is 32.9 Å². The van der Waals surface area contributed by atoms with Gasteiger partial charge < -0.3 is 25.1 Å². The number of esters is 1. The van der Waals surface area contributed by atoms with Crippen molar-refractivity contribution in [2.45, 2.75) is 70.2 Å². The highest BCUT2D eigenvalue weighted by Gasteiger charge is 2.67. The van der Waals surface area contributed by atoms with E-state index >= 15 is 0 Å². The van der Waals surface area contributed by atoms with E-state index in [4.69, 9.17) is 19.9 Å². The highest BCUT2D eigenvalue weighted by Crippen LogP contribution is 2.59. The summed E-state index contributed by atoms with van der Waals surface area (Å²) in [6, 6.07) is -0.365. The van der Waals surface area contributed by atoms with E-state index in [2.05, 4.69) is 6.08 Å². The van der Waals surface area contributed by atoms with Crippen LogP contribution in [0.5, 0.6) is 0 Å². The second-order valence-electron chi connectivity index (χ2n) is 9.50. The standard InChI is InChI=1S/C23H33NO6/c1-10-8-11(2)23-14(9-16(28-5)22(27)29-20(10)13(4)25)6-7-15-17(23)19(26)12(3)18(24)21(15)30-23/h6-8,10,12-18,20-21,25H,9,24H2,1-5H3/t10-,12+,13-,14-,15-,16+,17+,18+,20+,21-,23+/m1/s1. The maximum absolute atomic E-state index is 13.4. The molecule has 0 aromatic rings. The summed E-state index contributed by atoms with van der Waals surface area (Å²) >= 11 is 0. The number of nitrogens with two attached hydrogens (primary N) is 1. The molecule has 7 nitrogen and oxygen atoms in total. The maximum atomic E-state index is 13.4. The van der Waals surface area contributed by atoms with Crippen LogP contribution < -0.4 is 5.73 Å². The van der Waals surface area contributed by atoms with Gasteiger partial charge in [0.05, 0.1) is 18.1 Å². The number of hydrogen-bond donors (Lipinski definition) is 2. The molecule has 4 bridgehead atoms. The summed E-state index contributed by atoms with van der Waals surface area (Å²) in [5, 5.41) is 10.3. The van der Waals surface area contributed by atoms with Crippen LogP contribution in [0.25, 0.3) is 0 Å². The van der Waals surface area contributed by atoms with Crippen LogP contribution in [0.3, 0.4) is 0 Å². The molecule has 4 aliphatic rings. The Kier molecular flexibility index (Phi) is 5.46. The Balaban J connectivity index is 1.87. The van der Waals surface area contributed by atoms with Crippen LogP contribution in [-0.2, 0) is 23.8 Å². The molecule has 1 saturated carbocycles. The Labute approximate surface area is 177 Å². The number of ether oxygens (including phenoxy) is 3. The van der Waals surface area contributed by atoms with E-state index in [0.717, 1.165) is 5.57 Å². The number of rotatable bonds is 2. The van der Waals surface area contributed by atoms with Gasteiger partial charge in [0, 0.05) is 36.8 Å². The number of hydrogen-bond acceptors (Lipinski definition) is 7. The number of carbonyl (C=O) groups excluding carboxylic acids is 2. The monoisotopic (exact) mass is 419 g/mol. The van der Waals surface area contributed by atoms with Crippen molar-refractivity contribution in [2.24, 2.45) is 35.3 Å². The molecule has 4 rings (SSSR count). The summed E-state index contributed by atoms with van der Waals surface area (Å²) in [4.78, 5) is 26.3. The van der Waals surface area contributed by atoms with Gasteiger partial charge in [0.2, 0.25) is 0 Å². The van der Waals surface area contributed by atoms with Gasteiger partial charge in [-0.3, -0.25) is 4.79 Å². The van der Waals surface area contributed by atoms with E-state index < -0.39 is 29.9 Å². The molecule has 0 aromatic carbocycles. The van der Waals surface area contributed by atoms with Crippen molar-refractivity contribution in [3.05, 3.63) is 23.8 Å². The summed E-state index contributed by atoms with van der Waals surface area (Å²) in [7, 11) is 1.47. The SMILES string of the molecule is CO[C@H]1C[C@H]2C=C[C@H]3[C@H]4O[C@]2(C(C)=C[C@@H](C)[C@@H]([C@@H](C)O)OC1=O)[C@@H]3C(=O)[C@@H](C)[C@@H]4N. The normalized spacial score (nSPS) is 49.2. The second kappa shape index (κ2) is 7.55. The van der Waals surface area contributed by atoms with Crippen molar-refractivity contribution in [2.75, 3.05) is 7.11 Å². The van der Waals surface area contributed by atoms with E-state index in [9.17, 15) is 14.7 Å². The van der Waals surface area contributed by atoms with Crippen molar-refractivity contribution in [1.82, 2.24) is 0 Å². The second-order valence-corrected chi connectivity index (χ2v) is 9.50. The first-order chi connectivity index (χ1) is 14.1. The molecule has 2 aliphatic carbocycles. The quantitative estimate of drug-likeness (QED) is 0.514. The fraction of sp³-hybridized carbons (Fsp3) is 0.739. The van der Waals surface area contributed by atoms with Gasteiger partial charge >= 0.3 is 5.97 Å². The first-order valence-electron chi connectivity index (χ1n) is 10.9. The van der Waals surface area contributed by atoms with Crippen molar-refractivity contribution >= 4 is 11.8 Å². The molecule has 2 aliphatic heterocycles. The average molecular weight is 420 g/mol. The third-order valence-corrected chi connectivity index (χ3v) is 7.78. The Morgan fingerprint density at radius 1 is 1.30 bits per heavy atom. The van der Waals surface area contributed by atoms with Gasteiger partial charge in [-0.05, 0) is 25.8 Å². The summed E-state index contributed by atoms with van der Waals surface area (Å²) in [6.07, 6.45) is 3.79. The van der Waals surface area contributed by atoms with Gasteiger partial charge in [0.1, 0.15) is 17.5 Å². The molecular weight excluding hydrogens is 386 g/mol. The van der Waals surface area contributed by atoms with Crippen LogP contribution >= 0.6 is 0 Å². The molecule has 30 heavy (non-hydrogen) atoms. The minimum atomic E-state index is -0.866. The zero-order valence-corrected chi connectivity index (χ0v) is 18.3. The van der Waals surface area contributed by atoms with Crippen molar-refractivity contribution in [3.63, 3.8) is 0 Å². The lowest BCUT2D eigenvalue weighted by Gasteiger charge is -2.45. The Bertz CT molecular complexity index is 791. The fourth-order valence-electron chi connectivity index (χ4n) is 6.17. The summed E-state index contributed by atoms with van der Waals surface area (Å²) in [6.45, 7) is 7.37. The fourth-order valence-corrected chi connectivity index (χ4v) is 6.17. The van der Waals surface area contributed by atoms with Crippen molar-refractivity contribution in [1.29, 1.82) is 0 Å². The lowest BCUT2D eigenvalue weighted by molar-refractivity contribution is -0.171. The Morgan fingerprint density at radius 2 is 2.00 bits per heavy atom. The Hall–Kier alpha value is -1.54. The van der Waals surface area contributed by atoms with Gasteiger partial charge in [0.25, 0.3) is 0 Å². The molecule has 0 aromatic heterocycles. The van der Waals surface area contributed by atoms with Crippen LogP contribution in [0.4, 0.5) is 0 Å². The van der Waals surface area contributed by atoms with Crippen LogP contribution in [0.2, 0.25) is 0 Å².